The molecule has 0 radical (unpaired) electrons. The van der Waals surface area contributed by atoms with Gasteiger partial charge in [0.1, 0.15) is 5.75 Å². The number of ether oxygens (including phenoxy) is 1. The summed E-state index contributed by atoms with van der Waals surface area (Å²) in [5.74, 6) is 0.138. The molecule has 0 aliphatic rings. The van der Waals surface area contributed by atoms with E-state index in [9.17, 15) is 9.59 Å². The van der Waals surface area contributed by atoms with Gasteiger partial charge in [-0.3, -0.25) is 9.59 Å². The standard InChI is InChI=1S/C20H22N2O3/c1-2-3-13-25-18-9-7-15(8-10-18)19(23)11-12-22-17-6-4-5-16(14-17)20(21)24/h4-12,14,22H,2-3,13H2,1H3,(H2,21,24)/b12-11+. The average Bonchev–Trinajstić information content (AvgIpc) is 2.62. The summed E-state index contributed by atoms with van der Waals surface area (Å²) < 4.78 is 5.57. The van der Waals surface area contributed by atoms with Gasteiger partial charge in [-0.1, -0.05) is 19.4 Å². The van der Waals surface area contributed by atoms with Gasteiger partial charge < -0.3 is 15.8 Å². The third kappa shape index (κ3) is 5.80. The van der Waals surface area contributed by atoms with E-state index in [2.05, 4.69) is 12.2 Å². The van der Waals surface area contributed by atoms with E-state index >= 15 is 0 Å². The van der Waals surface area contributed by atoms with Gasteiger partial charge in [0.25, 0.3) is 0 Å². The van der Waals surface area contributed by atoms with E-state index in [1.54, 1.807) is 48.5 Å². The number of allylic oxidation sites excluding steroid dienone is 1. The number of anilines is 1. The molecule has 2 aromatic carbocycles. The van der Waals surface area contributed by atoms with Crippen LogP contribution in [0.2, 0.25) is 0 Å². The van der Waals surface area contributed by atoms with Gasteiger partial charge in [-0.15, -0.1) is 0 Å². The molecule has 5 nitrogen and oxygen atoms in total. The van der Waals surface area contributed by atoms with Crippen LogP contribution in [0.4, 0.5) is 5.69 Å². The first-order chi connectivity index (χ1) is 12.1. The number of unbranched alkanes of at least 4 members (excludes halogenated alkanes) is 1. The molecule has 0 aromatic heterocycles. The summed E-state index contributed by atoms with van der Waals surface area (Å²) in [6.07, 6.45) is 5.06. The maximum atomic E-state index is 12.1. The highest BCUT2D eigenvalue weighted by Crippen LogP contribution is 2.14. The second-order valence-corrected chi connectivity index (χ2v) is 5.51. The number of nitrogens with two attached hydrogens (primary N) is 1. The number of benzene rings is 2. The highest BCUT2D eigenvalue weighted by molar-refractivity contribution is 6.04. The second-order valence-electron chi connectivity index (χ2n) is 5.51. The van der Waals surface area contributed by atoms with Crippen molar-refractivity contribution in [2.75, 3.05) is 11.9 Å². The summed E-state index contributed by atoms with van der Waals surface area (Å²) in [7, 11) is 0. The Morgan fingerprint density at radius 3 is 2.56 bits per heavy atom. The van der Waals surface area contributed by atoms with Crippen LogP contribution in [-0.2, 0) is 0 Å². The molecular formula is C20H22N2O3. The van der Waals surface area contributed by atoms with Crippen LogP contribution < -0.4 is 15.8 Å². The van der Waals surface area contributed by atoms with Gasteiger partial charge in [-0.05, 0) is 48.9 Å². The van der Waals surface area contributed by atoms with Crippen LogP contribution in [0, 0.1) is 0 Å². The largest absolute Gasteiger partial charge is 0.494 e. The van der Waals surface area contributed by atoms with Gasteiger partial charge in [-0.2, -0.15) is 0 Å². The lowest BCUT2D eigenvalue weighted by atomic mass is 10.1. The van der Waals surface area contributed by atoms with Crippen molar-refractivity contribution < 1.29 is 14.3 Å². The van der Waals surface area contributed by atoms with Gasteiger partial charge in [0, 0.05) is 29.1 Å². The molecule has 25 heavy (non-hydrogen) atoms. The molecule has 0 atom stereocenters. The maximum Gasteiger partial charge on any atom is 0.248 e. The minimum absolute atomic E-state index is 0.126. The van der Waals surface area contributed by atoms with Crippen molar-refractivity contribution in [1.82, 2.24) is 0 Å². The highest BCUT2D eigenvalue weighted by Gasteiger charge is 2.03. The van der Waals surface area contributed by atoms with Crippen LogP contribution >= 0.6 is 0 Å². The Labute approximate surface area is 147 Å². The number of hydrogen-bond donors (Lipinski definition) is 2. The van der Waals surface area contributed by atoms with E-state index in [0.717, 1.165) is 18.6 Å². The molecule has 0 spiro atoms. The van der Waals surface area contributed by atoms with Crippen LogP contribution in [0.15, 0.2) is 60.8 Å². The molecule has 5 heteroatoms. The third-order valence-corrected chi connectivity index (χ3v) is 3.54. The van der Waals surface area contributed by atoms with Crippen molar-refractivity contribution in [3.8, 4) is 5.75 Å². The zero-order valence-corrected chi connectivity index (χ0v) is 14.2. The lowest BCUT2D eigenvalue weighted by molar-refractivity contribution is 0.0998. The summed E-state index contributed by atoms with van der Waals surface area (Å²) in [6.45, 7) is 2.79. The molecule has 130 valence electrons. The van der Waals surface area contributed by atoms with Crippen molar-refractivity contribution >= 4 is 17.4 Å². The molecule has 2 rings (SSSR count). The second kappa shape index (κ2) is 9.27. The van der Waals surface area contributed by atoms with Crippen molar-refractivity contribution in [2.45, 2.75) is 19.8 Å². The van der Waals surface area contributed by atoms with Gasteiger partial charge in [-0.25, -0.2) is 0 Å². The molecule has 2 aromatic rings. The minimum atomic E-state index is -0.495. The van der Waals surface area contributed by atoms with Crippen LogP contribution in [0.1, 0.15) is 40.5 Å². The minimum Gasteiger partial charge on any atom is -0.494 e. The fraction of sp³-hybridized carbons (Fsp3) is 0.200. The quantitative estimate of drug-likeness (QED) is 0.414. The molecule has 0 saturated carbocycles. The molecule has 0 bridgehead atoms. The topological polar surface area (TPSA) is 81.4 Å². The van der Waals surface area contributed by atoms with Crippen LogP contribution in [0.5, 0.6) is 5.75 Å². The zero-order valence-electron chi connectivity index (χ0n) is 14.2. The lowest BCUT2D eigenvalue weighted by Crippen LogP contribution is -2.10. The highest BCUT2D eigenvalue weighted by atomic mass is 16.5. The smallest absolute Gasteiger partial charge is 0.248 e. The fourth-order valence-electron chi connectivity index (χ4n) is 2.12. The first-order valence-corrected chi connectivity index (χ1v) is 8.20. The Bertz CT molecular complexity index is 752. The van der Waals surface area contributed by atoms with E-state index in [-0.39, 0.29) is 5.78 Å². The molecule has 0 heterocycles. The van der Waals surface area contributed by atoms with Crippen LogP contribution in [0.3, 0.4) is 0 Å². The molecule has 1 amide bonds. The zero-order chi connectivity index (χ0) is 18.1. The van der Waals surface area contributed by atoms with Crippen molar-refractivity contribution in [2.24, 2.45) is 5.73 Å². The first-order valence-electron chi connectivity index (χ1n) is 8.20. The van der Waals surface area contributed by atoms with E-state index in [1.807, 2.05) is 0 Å². The number of rotatable bonds is 9. The maximum absolute atomic E-state index is 12.1. The predicted octanol–water partition coefficient (Wildman–Crippen LogP) is 3.77. The Morgan fingerprint density at radius 1 is 1.12 bits per heavy atom. The van der Waals surface area contributed by atoms with Gasteiger partial charge in [0.05, 0.1) is 6.61 Å². The molecule has 0 unspecified atom stereocenters. The molecule has 0 fully saturated rings. The molecule has 0 aliphatic carbocycles. The summed E-state index contributed by atoms with van der Waals surface area (Å²) in [5, 5.41) is 2.95. The monoisotopic (exact) mass is 338 g/mol. The molecule has 0 saturated heterocycles. The number of ketones is 1. The lowest BCUT2D eigenvalue weighted by Gasteiger charge is -2.05. The summed E-state index contributed by atoms with van der Waals surface area (Å²) in [5.41, 5.74) is 6.90. The van der Waals surface area contributed by atoms with E-state index in [1.165, 1.54) is 12.3 Å². The molecule has 0 aliphatic heterocycles. The number of carbonyl (C=O) groups is 2. The van der Waals surface area contributed by atoms with Crippen molar-refractivity contribution in [3.05, 3.63) is 71.9 Å². The number of nitrogens with one attached hydrogen (secondary N) is 1. The summed E-state index contributed by atoms with van der Waals surface area (Å²) in [6, 6.07) is 13.8. The molecule has 3 N–H and O–H groups in total. The van der Waals surface area contributed by atoms with Gasteiger partial charge in [0.15, 0.2) is 5.78 Å². The van der Waals surface area contributed by atoms with Gasteiger partial charge >= 0.3 is 0 Å². The molecular weight excluding hydrogens is 316 g/mol. The van der Waals surface area contributed by atoms with Gasteiger partial charge in [0.2, 0.25) is 5.91 Å². The first kappa shape index (κ1) is 18.3. The van der Waals surface area contributed by atoms with E-state index < -0.39 is 5.91 Å². The Balaban J connectivity index is 1.91. The Morgan fingerprint density at radius 2 is 1.88 bits per heavy atom. The summed E-state index contributed by atoms with van der Waals surface area (Å²) >= 11 is 0. The number of hydrogen-bond acceptors (Lipinski definition) is 4. The Hall–Kier alpha value is -3.08. The fourth-order valence-corrected chi connectivity index (χ4v) is 2.12. The average molecular weight is 338 g/mol. The normalized spacial score (nSPS) is 10.6. The number of amides is 1. The third-order valence-electron chi connectivity index (χ3n) is 3.54. The van der Waals surface area contributed by atoms with Crippen molar-refractivity contribution in [3.63, 3.8) is 0 Å². The van der Waals surface area contributed by atoms with Crippen molar-refractivity contribution in [1.29, 1.82) is 0 Å². The van der Waals surface area contributed by atoms with E-state index in [4.69, 9.17) is 10.5 Å². The predicted molar refractivity (Wildman–Crippen MR) is 98.9 cm³/mol. The van der Waals surface area contributed by atoms with Crippen LogP contribution in [-0.4, -0.2) is 18.3 Å². The number of carbonyl (C=O) groups excluding carboxylic acids is 2. The number of primary amides is 1. The SMILES string of the molecule is CCCCOc1ccc(C(=O)/C=C/Nc2cccc(C(N)=O)c2)cc1. The Kier molecular flexibility index (Phi) is 6.77. The van der Waals surface area contributed by atoms with E-state index in [0.29, 0.717) is 23.4 Å². The summed E-state index contributed by atoms with van der Waals surface area (Å²) in [4.78, 5) is 23.3. The van der Waals surface area contributed by atoms with Crippen LogP contribution in [0.25, 0.3) is 0 Å².